The lowest BCUT2D eigenvalue weighted by atomic mass is 10.1. The standard InChI is InChI=1S/C23H29N3O4/c1-3-20(7-5-4-6-14-26-22(29)12-13-23(26)30)24-15-21(28)25-17(2)19-10-8-18(16-27)9-11-19/h8-13,17,24,27H,1,4-7,14-16H2,2H3,(H,25,28). The van der Waals surface area contributed by atoms with E-state index in [1.807, 2.05) is 31.2 Å². The molecule has 7 heteroatoms. The molecule has 30 heavy (non-hydrogen) atoms. The van der Waals surface area contributed by atoms with Gasteiger partial charge in [-0.05, 0) is 37.3 Å². The zero-order valence-corrected chi connectivity index (χ0v) is 17.3. The topological polar surface area (TPSA) is 98.7 Å². The number of nitrogens with one attached hydrogen (secondary N) is 2. The van der Waals surface area contributed by atoms with Crippen molar-refractivity contribution in [1.29, 1.82) is 0 Å². The molecule has 0 saturated carbocycles. The average Bonchev–Trinajstić information content (AvgIpc) is 3.07. The minimum atomic E-state index is -0.252. The Labute approximate surface area is 177 Å². The van der Waals surface area contributed by atoms with E-state index in [0.717, 1.165) is 36.1 Å². The van der Waals surface area contributed by atoms with Gasteiger partial charge in [-0.25, -0.2) is 0 Å². The molecule has 160 valence electrons. The molecule has 1 atom stereocenters. The second-order valence-corrected chi connectivity index (χ2v) is 7.17. The summed E-state index contributed by atoms with van der Waals surface area (Å²) in [5.74, 6) is -0.643. The number of hydrogen-bond acceptors (Lipinski definition) is 5. The molecular formula is C23H29N3O4. The maximum atomic E-state index is 12.2. The normalized spacial score (nSPS) is 13.9. The summed E-state index contributed by atoms with van der Waals surface area (Å²) in [7, 11) is 0. The molecule has 3 amide bonds. The molecule has 1 aliphatic heterocycles. The van der Waals surface area contributed by atoms with Crippen LogP contribution in [-0.2, 0) is 21.0 Å². The van der Waals surface area contributed by atoms with Crippen LogP contribution in [0.25, 0.3) is 0 Å². The van der Waals surface area contributed by atoms with E-state index in [4.69, 9.17) is 5.11 Å². The van der Waals surface area contributed by atoms with E-state index in [1.54, 1.807) is 0 Å². The van der Waals surface area contributed by atoms with E-state index in [2.05, 4.69) is 22.9 Å². The highest BCUT2D eigenvalue weighted by atomic mass is 16.3. The van der Waals surface area contributed by atoms with Crippen LogP contribution in [0.5, 0.6) is 0 Å². The van der Waals surface area contributed by atoms with Crippen LogP contribution in [0.4, 0.5) is 0 Å². The van der Waals surface area contributed by atoms with Crippen molar-refractivity contribution in [2.24, 2.45) is 0 Å². The van der Waals surface area contributed by atoms with Gasteiger partial charge in [0.15, 0.2) is 0 Å². The van der Waals surface area contributed by atoms with E-state index in [9.17, 15) is 14.4 Å². The lowest BCUT2D eigenvalue weighted by molar-refractivity contribution is -0.136. The van der Waals surface area contributed by atoms with Crippen LogP contribution in [0.2, 0.25) is 0 Å². The van der Waals surface area contributed by atoms with Gasteiger partial charge in [0.1, 0.15) is 0 Å². The van der Waals surface area contributed by atoms with Gasteiger partial charge in [0.25, 0.3) is 11.8 Å². The van der Waals surface area contributed by atoms with E-state index < -0.39 is 0 Å². The highest BCUT2D eigenvalue weighted by molar-refractivity contribution is 6.12. The first-order valence-corrected chi connectivity index (χ1v) is 10.1. The molecule has 1 unspecified atom stereocenters. The number of carbonyl (C=O) groups is 3. The number of allylic oxidation sites excluding steroid dienone is 1. The predicted octanol–water partition coefficient (Wildman–Crippen LogP) is 2.10. The summed E-state index contributed by atoms with van der Waals surface area (Å²) in [6, 6.07) is 7.30. The number of rotatable bonds is 12. The molecule has 1 aromatic rings. The van der Waals surface area contributed by atoms with Gasteiger partial charge in [0.05, 0.1) is 24.9 Å². The molecule has 1 heterocycles. The number of aliphatic hydroxyl groups excluding tert-OH is 1. The summed E-state index contributed by atoms with van der Waals surface area (Å²) in [5, 5.41) is 15.1. The number of carbonyl (C=O) groups excluding carboxylic acids is 3. The van der Waals surface area contributed by atoms with Gasteiger partial charge in [0, 0.05) is 18.7 Å². The third kappa shape index (κ3) is 7.03. The van der Waals surface area contributed by atoms with Crippen LogP contribution >= 0.6 is 0 Å². The molecule has 2 rings (SSSR count). The Morgan fingerprint density at radius 1 is 1.13 bits per heavy atom. The molecular weight excluding hydrogens is 382 g/mol. The second-order valence-electron chi connectivity index (χ2n) is 7.17. The van der Waals surface area contributed by atoms with Crippen molar-refractivity contribution < 1.29 is 19.5 Å². The van der Waals surface area contributed by atoms with Gasteiger partial charge in [0.2, 0.25) is 5.91 Å². The molecule has 0 bridgehead atoms. The zero-order valence-electron chi connectivity index (χ0n) is 17.3. The fourth-order valence-corrected chi connectivity index (χ4v) is 3.11. The predicted molar refractivity (Wildman–Crippen MR) is 114 cm³/mol. The van der Waals surface area contributed by atoms with Crippen LogP contribution < -0.4 is 10.6 Å². The van der Waals surface area contributed by atoms with Crippen molar-refractivity contribution in [2.75, 3.05) is 13.1 Å². The Bertz CT molecular complexity index is 821. The highest BCUT2D eigenvalue weighted by Crippen LogP contribution is 2.13. The average molecular weight is 412 g/mol. The molecule has 3 N–H and O–H groups in total. The smallest absolute Gasteiger partial charge is 0.253 e. The van der Waals surface area contributed by atoms with Gasteiger partial charge in [-0.15, -0.1) is 5.73 Å². The monoisotopic (exact) mass is 411 g/mol. The summed E-state index contributed by atoms with van der Waals surface area (Å²) >= 11 is 0. The lowest BCUT2D eigenvalue weighted by Crippen LogP contribution is -2.35. The fraction of sp³-hybridized carbons (Fsp3) is 0.391. The Kier molecular flexibility index (Phi) is 9.06. The number of aliphatic hydroxyl groups is 1. The Hall–Kier alpha value is -3.15. The first-order chi connectivity index (χ1) is 14.4. The number of unbranched alkanes of at least 4 members (excludes halogenated alkanes) is 2. The van der Waals surface area contributed by atoms with Gasteiger partial charge in [-0.1, -0.05) is 37.3 Å². The van der Waals surface area contributed by atoms with Gasteiger partial charge < -0.3 is 15.7 Å². The Balaban J connectivity index is 1.64. The number of imide groups is 1. The number of amides is 3. The van der Waals surface area contributed by atoms with Crippen LogP contribution in [0, 0.1) is 0 Å². The quantitative estimate of drug-likeness (QED) is 0.278. The van der Waals surface area contributed by atoms with Crippen molar-refractivity contribution in [2.45, 2.75) is 45.3 Å². The lowest BCUT2D eigenvalue weighted by Gasteiger charge is -2.16. The number of benzene rings is 1. The van der Waals surface area contributed by atoms with Crippen LogP contribution in [0.3, 0.4) is 0 Å². The zero-order chi connectivity index (χ0) is 21.9. The van der Waals surface area contributed by atoms with E-state index in [-0.39, 0.29) is 36.9 Å². The second kappa shape index (κ2) is 11.8. The van der Waals surface area contributed by atoms with Crippen molar-refractivity contribution in [1.82, 2.24) is 15.5 Å². The highest BCUT2D eigenvalue weighted by Gasteiger charge is 2.22. The summed E-state index contributed by atoms with van der Waals surface area (Å²) in [5.41, 5.74) is 5.38. The van der Waals surface area contributed by atoms with E-state index in [1.165, 1.54) is 17.1 Å². The summed E-state index contributed by atoms with van der Waals surface area (Å²) in [6.45, 7) is 6.11. The van der Waals surface area contributed by atoms with E-state index >= 15 is 0 Å². The maximum Gasteiger partial charge on any atom is 0.253 e. The molecule has 0 fully saturated rings. The molecule has 0 aliphatic carbocycles. The summed E-state index contributed by atoms with van der Waals surface area (Å²) in [6.07, 6.45) is 5.69. The molecule has 0 radical (unpaired) electrons. The Morgan fingerprint density at radius 2 is 1.80 bits per heavy atom. The molecule has 0 saturated heterocycles. The SMILES string of the molecule is C=C=C(CCCCCN1C(=O)C=CC1=O)NCC(=O)NC(C)c1ccc(CO)cc1. The van der Waals surface area contributed by atoms with Crippen LogP contribution in [0.1, 0.15) is 49.8 Å². The number of nitrogens with zero attached hydrogens (tertiary/aromatic N) is 1. The van der Waals surface area contributed by atoms with Crippen LogP contribution in [0.15, 0.2) is 54.4 Å². The summed E-state index contributed by atoms with van der Waals surface area (Å²) < 4.78 is 0. The Morgan fingerprint density at radius 3 is 2.40 bits per heavy atom. The minimum Gasteiger partial charge on any atom is -0.392 e. The maximum absolute atomic E-state index is 12.2. The van der Waals surface area contributed by atoms with Crippen LogP contribution in [-0.4, -0.2) is 40.8 Å². The first kappa shape index (κ1) is 23.1. The number of hydrogen-bond donors (Lipinski definition) is 3. The molecule has 0 spiro atoms. The third-order valence-corrected chi connectivity index (χ3v) is 4.92. The van der Waals surface area contributed by atoms with Gasteiger partial charge in [-0.2, -0.15) is 0 Å². The van der Waals surface area contributed by atoms with Crippen molar-refractivity contribution in [3.63, 3.8) is 0 Å². The third-order valence-electron chi connectivity index (χ3n) is 4.92. The molecule has 1 aliphatic rings. The molecule has 1 aromatic carbocycles. The van der Waals surface area contributed by atoms with Gasteiger partial charge >= 0.3 is 0 Å². The van der Waals surface area contributed by atoms with Crippen molar-refractivity contribution in [3.8, 4) is 0 Å². The van der Waals surface area contributed by atoms with Crippen molar-refractivity contribution in [3.05, 3.63) is 65.6 Å². The van der Waals surface area contributed by atoms with E-state index in [0.29, 0.717) is 13.0 Å². The minimum absolute atomic E-state index is 0.00663. The van der Waals surface area contributed by atoms with Crippen molar-refractivity contribution >= 4 is 17.7 Å². The molecule has 0 aromatic heterocycles. The summed E-state index contributed by atoms with van der Waals surface area (Å²) in [4.78, 5) is 36.4. The fourth-order valence-electron chi connectivity index (χ4n) is 3.11. The largest absolute Gasteiger partial charge is 0.392 e. The van der Waals surface area contributed by atoms with Gasteiger partial charge in [-0.3, -0.25) is 19.3 Å². The first-order valence-electron chi connectivity index (χ1n) is 10.1. The molecule has 7 nitrogen and oxygen atoms in total.